The SMILES string of the molecule is CC/C=C\C/C=C\C/C=C\C/C=C\C/C=C\CCCCCCCCCC(=O)OC(CO)COCCCCCCCCCCCCCCCCC. The Morgan fingerprint density at radius 3 is 1.36 bits per heavy atom. The van der Waals surface area contributed by atoms with Crippen LogP contribution < -0.4 is 0 Å². The van der Waals surface area contributed by atoms with Crippen molar-refractivity contribution in [3.8, 4) is 0 Å². The summed E-state index contributed by atoms with van der Waals surface area (Å²) < 4.78 is 11.2. The van der Waals surface area contributed by atoms with Crippen molar-refractivity contribution in [2.24, 2.45) is 0 Å². The molecule has 0 amide bonds. The van der Waals surface area contributed by atoms with Crippen molar-refractivity contribution in [1.82, 2.24) is 0 Å². The number of ether oxygens (including phenoxy) is 2. The molecule has 50 heavy (non-hydrogen) atoms. The maximum absolute atomic E-state index is 12.2. The maximum atomic E-state index is 12.2. The van der Waals surface area contributed by atoms with Crippen molar-refractivity contribution in [2.45, 2.75) is 206 Å². The number of allylic oxidation sites excluding steroid dienone is 10. The van der Waals surface area contributed by atoms with Crippen LogP contribution in [0.25, 0.3) is 0 Å². The van der Waals surface area contributed by atoms with Crippen LogP contribution in [0.1, 0.15) is 200 Å². The van der Waals surface area contributed by atoms with Gasteiger partial charge in [0.05, 0.1) is 13.2 Å². The third-order valence-corrected chi connectivity index (χ3v) is 9.11. The first-order chi connectivity index (χ1) is 24.7. The second kappa shape index (κ2) is 43.3. The van der Waals surface area contributed by atoms with Gasteiger partial charge in [0.15, 0.2) is 0 Å². The monoisotopic (exact) mass is 699 g/mol. The lowest BCUT2D eigenvalue weighted by atomic mass is 10.0. The molecule has 0 radical (unpaired) electrons. The molecule has 0 aliphatic heterocycles. The molecule has 0 aromatic rings. The zero-order valence-electron chi connectivity index (χ0n) is 33.2. The summed E-state index contributed by atoms with van der Waals surface area (Å²) in [6.07, 6.45) is 57.0. The molecule has 0 spiro atoms. The fraction of sp³-hybridized carbons (Fsp3) is 0.761. The fourth-order valence-corrected chi connectivity index (χ4v) is 5.94. The Kier molecular flexibility index (Phi) is 41.6. The van der Waals surface area contributed by atoms with Crippen molar-refractivity contribution in [3.05, 3.63) is 60.8 Å². The molecule has 0 fully saturated rings. The summed E-state index contributed by atoms with van der Waals surface area (Å²) in [7, 11) is 0. The van der Waals surface area contributed by atoms with E-state index >= 15 is 0 Å². The fourth-order valence-electron chi connectivity index (χ4n) is 5.94. The number of esters is 1. The van der Waals surface area contributed by atoms with Gasteiger partial charge in [-0.05, 0) is 57.8 Å². The van der Waals surface area contributed by atoms with Crippen molar-refractivity contribution < 1.29 is 19.4 Å². The first-order valence-electron chi connectivity index (χ1n) is 21.4. The summed E-state index contributed by atoms with van der Waals surface area (Å²) in [4.78, 5) is 12.2. The lowest BCUT2D eigenvalue weighted by molar-refractivity contribution is -0.154. The highest BCUT2D eigenvalue weighted by Gasteiger charge is 2.13. The van der Waals surface area contributed by atoms with E-state index in [1.807, 2.05) is 0 Å². The van der Waals surface area contributed by atoms with Crippen LogP contribution in [0.2, 0.25) is 0 Å². The molecule has 0 aliphatic carbocycles. The van der Waals surface area contributed by atoms with E-state index in [0.29, 0.717) is 19.6 Å². The number of carbonyl (C=O) groups excluding carboxylic acids is 1. The Hall–Kier alpha value is -1.91. The van der Waals surface area contributed by atoms with E-state index in [9.17, 15) is 9.90 Å². The van der Waals surface area contributed by atoms with E-state index in [-0.39, 0.29) is 12.6 Å². The van der Waals surface area contributed by atoms with Gasteiger partial charge in [0.25, 0.3) is 0 Å². The van der Waals surface area contributed by atoms with Crippen molar-refractivity contribution in [1.29, 1.82) is 0 Å². The molecule has 0 bridgehead atoms. The van der Waals surface area contributed by atoms with Crippen LogP contribution in [0.4, 0.5) is 0 Å². The predicted octanol–water partition coefficient (Wildman–Crippen LogP) is 14.0. The Morgan fingerprint density at radius 1 is 0.500 bits per heavy atom. The minimum absolute atomic E-state index is 0.176. The Labute approximate surface area is 311 Å². The molecule has 0 saturated heterocycles. The summed E-state index contributed by atoms with van der Waals surface area (Å²) in [5.74, 6) is -0.211. The molecule has 0 aromatic carbocycles. The van der Waals surface area contributed by atoms with E-state index in [1.165, 1.54) is 122 Å². The first kappa shape index (κ1) is 48.1. The van der Waals surface area contributed by atoms with Gasteiger partial charge in [-0.25, -0.2) is 0 Å². The average molecular weight is 699 g/mol. The zero-order chi connectivity index (χ0) is 36.3. The highest BCUT2D eigenvalue weighted by atomic mass is 16.6. The lowest BCUT2D eigenvalue weighted by Gasteiger charge is -2.16. The number of carbonyl (C=O) groups is 1. The van der Waals surface area contributed by atoms with Crippen LogP contribution in [0.5, 0.6) is 0 Å². The molecule has 1 unspecified atom stereocenters. The number of hydrogen-bond donors (Lipinski definition) is 1. The molecule has 290 valence electrons. The van der Waals surface area contributed by atoms with Gasteiger partial charge in [-0.3, -0.25) is 4.79 Å². The summed E-state index contributed by atoms with van der Waals surface area (Å²) in [6.45, 7) is 5.24. The van der Waals surface area contributed by atoms with Crippen molar-refractivity contribution in [2.75, 3.05) is 19.8 Å². The third kappa shape index (κ3) is 40.5. The van der Waals surface area contributed by atoms with Crippen LogP contribution in [-0.2, 0) is 14.3 Å². The van der Waals surface area contributed by atoms with Gasteiger partial charge in [0, 0.05) is 13.0 Å². The van der Waals surface area contributed by atoms with E-state index in [1.54, 1.807) is 0 Å². The van der Waals surface area contributed by atoms with Gasteiger partial charge < -0.3 is 14.6 Å². The molecule has 4 nitrogen and oxygen atoms in total. The van der Waals surface area contributed by atoms with E-state index in [2.05, 4.69) is 74.6 Å². The van der Waals surface area contributed by atoms with Crippen LogP contribution in [0, 0.1) is 0 Å². The smallest absolute Gasteiger partial charge is 0.306 e. The standard InChI is InChI=1S/C46H82O4/c1-3-5-7-9-11-13-15-17-19-20-21-22-23-24-25-26-27-29-31-33-35-37-39-41-46(48)50-45(43-47)44-49-42-40-38-36-34-32-30-28-18-16-14-12-10-8-6-4-2/h5,7,11,13,17,19,21-22,24-25,45,47H,3-4,6,8-10,12,14-16,18,20,23,26-44H2,1-2H3/b7-5-,13-11-,19-17-,22-21-,25-24-. The molecule has 0 aromatic heterocycles. The summed E-state index contributed by atoms with van der Waals surface area (Å²) in [5.41, 5.74) is 0. The van der Waals surface area contributed by atoms with Gasteiger partial charge in [-0.2, -0.15) is 0 Å². The number of hydrogen-bond acceptors (Lipinski definition) is 4. The van der Waals surface area contributed by atoms with Gasteiger partial charge in [-0.15, -0.1) is 0 Å². The molecule has 0 saturated carbocycles. The van der Waals surface area contributed by atoms with Crippen molar-refractivity contribution in [3.63, 3.8) is 0 Å². The topological polar surface area (TPSA) is 55.8 Å². The third-order valence-electron chi connectivity index (χ3n) is 9.11. The maximum Gasteiger partial charge on any atom is 0.306 e. The molecule has 0 heterocycles. The second-order valence-corrected chi connectivity index (χ2v) is 14.0. The number of rotatable bonds is 39. The number of unbranched alkanes of at least 4 members (excludes halogenated alkanes) is 21. The highest BCUT2D eigenvalue weighted by molar-refractivity contribution is 5.69. The molecule has 4 heteroatoms. The van der Waals surface area contributed by atoms with Crippen molar-refractivity contribution >= 4 is 5.97 Å². The normalized spacial score (nSPS) is 12.9. The quantitative estimate of drug-likeness (QED) is 0.0394. The van der Waals surface area contributed by atoms with E-state index in [4.69, 9.17) is 9.47 Å². The molecule has 1 atom stereocenters. The van der Waals surface area contributed by atoms with Crippen LogP contribution >= 0.6 is 0 Å². The number of aliphatic hydroxyl groups excluding tert-OH is 1. The lowest BCUT2D eigenvalue weighted by Crippen LogP contribution is -2.27. The summed E-state index contributed by atoms with van der Waals surface area (Å²) in [5, 5.41) is 9.60. The van der Waals surface area contributed by atoms with Gasteiger partial charge in [0.1, 0.15) is 6.10 Å². The molecular formula is C46H82O4. The minimum atomic E-state index is -0.540. The van der Waals surface area contributed by atoms with Gasteiger partial charge in [0.2, 0.25) is 0 Å². The largest absolute Gasteiger partial charge is 0.457 e. The minimum Gasteiger partial charge on any atom is -0.457 e. The van der Waals surface area contributed by atoms with Gasteiger partial charge in [-0.1, -0.05) is 197 Å². The molecular weight excluding hydrogens is 617 g/mol. The Balaban J connectivity index is 3.48. The van der Waals surface area contributed by atoms with E-state index < -0.39 is 6.10 Å². The van der Waals surface area contributed by atoms with Crippen LogP contribution in [0.3, 0.4) is 0 Å². The molecule has 0 aliphatic rings. The summed E-state index contributed by atoms with van der Waals surface area (Å²) in [6, 6.07) is 0. The predicted molar refractivity (Wildman–Crippen MR) is 219 cm³/mol. The zero-order valence-corrected chi connectivity index (χ0v) is 33.2. The first-order valence-corrected chi connectivity index (χ1v) is 21.4. The Morgan fingerprint density at radius 2 is 0.900 bits per heavy atom. The highest BCUT2D eigenvalue weighted by Crippen LogP contribution is 2.14. The second-order valence-electron chi connectivity index (χ2n) is 14.0. The summed E-state index contributed by atoms with van der Waals surface area (Å²) >= 11 is 0. The molecule has 1 N–H and O–H groups in total. The average Bonchev–Trinajstić information content (AvgIpc) is 3.12. The van der Waals surface area contributed by atoms with E-state index in [0.717, 1.165) is 57.8 Å². The van der Waals surface area contributed by atoms with Crippen LogP contribution in [-0.4, -0.2) is 37.0 Å². The van der Waals surface area contributed by atoms with Crippen LogP contribution in [0.15, 0.2) is 60.8 Å². The van der Waals surface area contributed by atoms with Gasteiger partial charge >= 0.3 is 5.97 Å². The number of aliphatic hydroxyl groups is 1. The molecule has 0 rings (SSSR count). The Bertz CT molecular complexity index is 824.